The van der Waals surface area contributed by atoms with Crippen LogP contribution in [0.5, 0.6) is 0 Å². The van der Waals surface area contributed by atoms with Crippen molar-refractivity contribution >= 4 is 28.9 Å². The van der Waals surface area contributed by atoms with E-state index in [4.69, 9.17) is 4.74 Å². The van der Waals surface area contributed by atoms with E-state index in [1.807, 2.05) is 6.07 Å². The third-order valence-electron chi connectivity index (χ3n) is 3.98. The Morgan fingerprint density at radius 1 is 1.31 bits per heavy atom. The largest absolute Gasteiger partial charge is 0.378 e. The lowest BCUT2D eigenvalue weighted by molar-refractivity contribution is 0.0958. The van der Waals surface area contributed by atoms with E-state index in [0.29, 0.717) is 23.8 Å². The Labute approximate surface area is 156 Å². The Kier molecular flexibility index (Phi) is 6.67. The third kappa shape index (κ3) is 4.85. The number of aromatic nitrogens is 4. The van der Waals surface area contributed by atoms with Crippen LogP contribution in [0, 0.1) is 0 Å². The highest BCUT2D eigenvalue weighted by Gasteiger charge is 2.15. The zero-order valence-corrected chi connectivity index (χ0v) is 15.6. The van der Waals surface area contributed by atoms with Crippen LogP contribution in [0.25, 0.3) is 0 Å². The number of anilines is 2. The molecule has 9 nitrogen and oxygen atoms in total. The van der Waals surface area contributed by atoms with E-state index >= 15 is 0 Å². The van der Waals surface area contributed by atoms with Crippen LogP contribution in [0.1, 0.15) is 28.7 Å². The summed E-state index contributed by atoms with van der Waals surface area (Å²) in [6.45, 7) is 6.24. The molecule has 1 amide bonds. The van der Waals surface area contributed by atoms with Gasteiger partial charge < -0.3 is 20.3 Å². The average Bonchev–Trinajstić information content (AvgIpc) is 3.15. The van der Waals surface area contributed by atoms with Gasteiger partial charge in [0.15, 0.2) is 5.82 Å². The van der Waals surface area contributed by atoms with Crippen molar-refractivity contribution in [2.45, 2.75) is 19.8 Å². The fraction of sp³-hybridized carbons (Fsp3) is 0.562. The van der Waals surface area contributed by atoms with Gasteiger partial charge in [-0.05, 0) is 18.0 Å². The van der Waals surface area contributed by atoms with E-state index in [1.54, 1.807) is 6.20 Å². The molecular formula is C16H23N7O2S. The maximum atomic E-state index is 12.2. The van der Waals surface area contributed by atoms with E-state index in [0.717, 1.165) is 62.1 Å². The minimum absolute atomic E-state index is 0.126. The van der Waals surface area contributed by atoms with Crippen molar-refractivity contribution in [1.29, 1.82) is 0 Å². The first-order valence-corrected chi connectivity index (χ1v) is 9.54. The van der Waals surface area contributed by atoms with Crippen molar-refractivity contribution in [2.24, 2.45) is 0 Å². The van der Waals surface area contributed by atoms with Crippen LogP contribution in [0.2, 0.25) is 0 Å². The number of nitrogens with zero attached hydrogens (tertiary/aromatic N) is 5. The number of morpholine rings is 1. The van der Waals surface area contributed by atoms with Crippen LogP contribution in [0.3, 0.4) is 0 Å². The van der Waals surface area contributed by atoms with Crippen LogP contribution >= 0.6 is 11.5 Å². The summed E-state index contributed by atoms with van der Waals surface area (Å²) in [7, 11) is 0. The number of nitrogens with one attached hydrogen (secondary N) is 2. The first-order chi connectivity index (χ1) is 12.8. The van der Waals surface area contributed by atoms with Crippen LogP contribution in [-0.4, -0.2) is 65.1 Å². The van der Waals surface area contributed by atoms with Gasteiger partial charge in [0.1, 0.15) is 4.88 Å². The molecule has 0 radical (unpaired) electrons. The summed E-state index contributed by atoms with van der Waals surface area (Å²) in [6, 6.07) is 1.96. The number of aryl methyl sites for hydroxylation is 1. The fourth-order valence-corrected chi connectivity index (χ4v) is 3.29. The lowest BCUT2D eigenvalue weighted by Crippen LogP contribution is -2.36. The van der Waals surface area contributed by atoms with Gasteiger partial charge in [-0.25, -0.2) is 0 Å². The average molecular weight is 377 g/mol. The van der Waals surface area contributed by atoms with Gasteiger partial charge in [-0.15, -0.1) is 10.2 Å². The molecule has 0 unspecified atom stereocenters. The molecule has 0 aliphatic carbocycles. The first kappa shape index (κ1) is 18.5. The molecule has 1 fully saturated rings. The van der Waals surface area contributed by atoms with Gasteiger partial charge in [-0.3, -0.25) is 4.79 Å². The smallest absolute Gasteiger partial charge is 0.265 e. The molecule has 2 N–H and O–H groups in total. The zero-order chi connectivity index (χ0) is 18.2. The Hall–Kier alpha value is -2.33. The minimum Gasteiger partial charge on any atom is -0.378 e. The maximum absolute atomic E-state index is 12.2. The number of ether oxygens (including phenoxy) is 1. The molecule has 2 aromatic heterocycles. The van der Waals surface area contributed by atoms with Crippen LogP contribution in [-0.2, 0) is 11.2 Å². The van der Waals surface area contributed by atoms with Crippen LogP contribution in [0.15, 0.2) is 12.3 Å². The highest BCUT2D eigenvalue weighted by molar-refractivity contribution is 7.08. The lowest BCUT2D eigenvalue weighted by Gasteiger charge is -2.28. The summed E-state index contributed by atoms with van der Waals surface area (Å²) >= 11 is 1.14. The second-order valence-corrected chi connectivity index (χ2v) is 6.63. The predicted octanol–water partition coefficient (Wildman–Crippen LogP) is 0.959. The van der Waals surface area contributed by atoms with Crippen molar-refractivity contribution in [1.82, 2.24) is 25.1 Å². The van der Waals surface area contributed by atoms with E-state index in [2.05, 4.69) is 42.2 Å². The predicted molar refractivity (Wildman–Crippen MR) is 99.8 cm³/mol. The quantitative estimate of drug-likeness (QED) is 0.656. The highest BCUT2D eigenvalue weighted by Crippen LogP contribution is 2.17. The Balaban J connectivity index is 1.46. The molecule has 2 aromatic rings. The second-order valence-electron chi connectivity index (χ2n) is 5.88. The molecule has 0 saturated carbocycles. The molecule has 3 heterocycles. The summed E-state index contributed by atoms with van der Waals surface area (Å²) in [4.78, 5) is 15.0. The maximum Gasteiger partial charge on any atom is 0.265 e. The summed E-state index contributed by atoms with van der Waals surface area (Å²) in [5, 5.41) is 18.2. The van der Waals surface area contributed by atoms with Crippen molar-refractivity contribution in [3.63, 3.8) is 0 Å². The highest BCUT2D eigenvalue weighted by atomic mass is 32.1. The zero-order valence-electron chi connectivity index (χ0n) is 14.8. The number of rotatable bonds is 8. The summed E-state index contributed by atoms with van der Waals surface area (Å²) in [5.41, 5.74) is 1.79. The number of carbonyl (C=O) groups excluding carboxylic acids is 1. The van der Waals surface area contributed by atoms with Gasteiger partial charge in [0, 0.05) is 32.2 Å². The summed E-state index contributed by atoms with van der Waals surface area (Å²) in [5.74, 6) is 0.563. The Bertz CT molecular complexity index is 718. The molecular weight excluding hydrogens is 354 g/mol. The number of carbonyl (C=O) groups is 1. The van der Waals surface area contributed by atoms with Crippen LogP contribution < -0.4 is 15.5 Å². The van der Waals surface area contributed by atoms with Gasteiger partial charge in [0.25, 0.3) is 5.91 Å². The molecule has 0 atom stereocenters. The van der Waals surface area contributed by atoms with E-state index in [9.17, 15) is 4.79 Å². The molecule has 26 heavy (non-hydrogen) atoms. The standard InChI is InChI=1S/C16H23N7O2S/c1-2-3-13-15(26-22-20-13)16(24)18-5-4-17-14-10-12(11-19-21-14)23-6-8-25-9-7-23/h10-11H,2-9H2,1H3,(H,17,21)(H,18,24). The Morgan fingerprint density at radius 3 is 2.96 bits per heavy atom. The lowest BCUT2D eigenvalue weighted by atomic mass is 10.2. The molecule has 3 rings (SSSR count). The summed E-state index contributed by atoms with van der Waals surface area (Å²) < 4.78 is 9.24. The second kappa shape index (κ2) is 9.39. The molecule has 1 aliphatic heterocycles. The van der Waals surface area contributed by atoms with Gasteiger partial charge in [0.05, 0.1) is 30.8 Å². The number of hydrogen-bond donors (Lipinski definition) is 2. The SMILES string of the molecule is CCCc1nnsc1C(=O)NCCNc1cc(N2CCOCC2)cnn1. The Morgan fingerprint density at radius 2 is 2.15 bits per heavy atom. The van der Waals surface area contributed by atoms with E-state index < -0.39 is 0 Å². The van der Waals surface area contributed by atoms with Crippen molar-refractivity contribution < 1.29 is 9.53 Å². The van der Waals surface area contributed by atoms with Crippen LogP contribution in [0.4, 0.5) is 11.5 Å². The van der Waals surface area contributed by atoms with Gasteiger partial charge >= 0.3 is 0 Å². The molecule has 0 bridgehead atoms. The number of amides is 1. The fourth-order valence-electron chi connectivity index (χ4n) is 2.67. The third-order valence-corrected chi connectivity index (χ3v) is 4.75. The van der Waals surface area contributed by atoms with E-state index in [-0.39, 0.29) is 5.91 Å². The van der Waals surface area contributed by atoms with E-state index in [1.165, 1.54) is 0 Å². The van der Waals surface area contributed by atoms with Crippen molar-refractivity contribution in [2.75, 3.05) is 49.6 Å². The molecule has 1 aliphatic rings. The van der Waals surface area contributed by atoms with Gasteiger partial charge in [-0.2, -0.15) is 5.10 Å². The first-order valence-electron chi connectivity index (χ1n) is 8.76. The molecule has 10 heteroatoms. The van der Waals surface area contributed by atoms with Gasteiger partial charge in [0.2, 0.25) is 0 Å². The van der Waals surface area contributed by atoms with Crippen molar-refractivity contribution in [3.05, 3.63) is 22.8 Å². The van der Waals surface area contributed by atoms with Crippen molar-refractivity contribution in [3.8, 4) is 0 Å². The normalized spacial score (nSPS) is 14.3. The molecule has 0 spiro atoms. The molecule has 0 aromatic carbocycles. The number of hydrogen-bond acceptors (Lipinski definition) is 9. The minimum atomic E-state index is -0.126. The topological polar surface area (TPSA) is 105 Å². The van der Waals surface area contributed by atoms with Gasteiger partial charge in [-0.1, -0.05) is 17.8 Å². The molecule has 140 valence electrons. The molecule has 1 saturated heterocycles. The monoisotopic (exact) mass is 377 g/mol. The summed E-state index contributed by atoms with van der Waals surface area (Å²) in [6.07, 6.45) is 3.46.